The van der Waals surface area contributed by atoms with Gasteiger partial charge < -0.3 is 0 Å². The van der Waals surface area contributed by atoms with Crippen molar-refractivity contribution in [1.82, 2.24) is 0 Å². The van der Waals surface area contributed by atoms with E-state index in [4.69, 9.17) is 0 Å². The quantitative estimate of drug-likeness (QED) is 0.247. The average molecular weight is 364 g/mol. The lowest BCUT2D eigenvalue weighted by molar-refractivity contribution is 0.104. The summed E-state index contributed by atoms with van der Waals surface area (Å²) in [6.45, 7) is 0. The molecule has 3 aromatic rings. The predicted octanol–water partition coefficient (Wildman–Crippen LogP) is 7.06. The number of ketones is 1. The van der Waals surface area contributed by atoms with Crippen molar-refractivity contribution in [3.63, 3.8) is 0 Å². The molecule has 0 atom stereocenters. The minimum absolute atomic E-state index is 0.0259. The molecule has 0 saturated carbocycles. The molecule has 0 fully saturated rings. The van der Waals surface area contributed by atoms with Crippen LogP contribution < -0.4 is 0 Å². The van der Waals surface area contributed by atoms with Crippen molar-refractivity contribution in [2.75, 3.05) is 0 Å². The van der Waals surface area contributed by atoms with Crippen LogP contribution in [-0.4, -0.2) is 5.78 Å². The van der Waals surface area contributed by atoms with E-state index in [0.29, 0.717) is 5.56 Å². The largest absolute Gasteiger partial charge is 0.289 e. The SMILES string of the molecule is O=C(/C=C/c1c2cccccc-2c2sc3ccccc3c12)c1ccccc1. The Kier molecular flexibility index (Phi) is 3.84. The number of carbonyl (C=O) groups excluding carboxylic acids is 1. The Hall–Kier alpha value is -3.23. The molecular formula is C25H16OS. The van der Waals surface area contributed by atoms with Gasteiger partial charge in [0.25, 0.3) is 0 Å². The van der Waals surface area contributed by atoms with Gasteiger partial charge in [0.15, 0.2) is 5.78 Å². The van der Waals surface area contributed by atoms with Crippen molar-refractivity contribution in [2.45, 2.75) is 0 Å². The van der Waals surface area contributed by atoms with Gasteiger partial charge in [-0.25, -0.2) is 0 Å². The summed E-state index contributed by atoms with van der Waals surface area (Å²) in [6.07, 6.45) is 3.68. The molecule has 0 unspecified atom stereocenters. The number of allylic oxidation sites excluding steroid dienone is 1. The van der Waals surface area contributed by atoms with E-state index >= 15 is 0 Å². The second-order valence-electron chi connectivity index (χ2n) is 6.52. The van der Waals surface area contributed by atoms with Gasteiger partial charge in [-0.05, 0) is 29.3 Å². The Bertz CT molecular complexity index is 1280. The maximum atomic E-state index is 12.6. The first kappa shape index (κ1) is 16.0. The molecule has 0 saturated heterocycles. The third kappa shape index (κ3) is 2.66. The third-order valence-corrected chi connectivity index (χ3v) is 6.10. The molecule has 1 heterocycles. The maximum absolute atomic E-state index is 12.6. The Morgan fingerprint density at radius 3 is 2.22 bits per heavy atom. The third-order valence-electron chi connectivity index (χ3n) is 4.90. The molecule has 0 radical (unpaired) electrons. The zero-order valence-electron chi connectivity index (χ0n) is 14.6. The minimum atomic E-state index is 0.0259. The van der Waals surface area contributed by atoms with Crippen LogP contribution in [-0.2, 0) is 0 Å². The fourth-order valence-corrected chi connectivity index (χ4v) is 4.90. The van der Waals surface area contributed by atoms with Gasteiger partial charge in [-0.15, -0.1) is 11.3 Å². The van der Waals surface area contributed by atoms with Crippen LogP contribution in [0.3, 0.4) is 0 Å². The molecule has 2 aliphatic carbocycles. The highest BCUT2D eigenvalue weighted by Crippen LogP contribution is 2.47. The van der Waals surface area contributed by atoms with E-state index in [1.165, 1.54) is 31.3 Å². The molecule has 27 heavy (non-hydrogen) atoms. The molecule has 0 N–H and O–H groups in total. The second-order valence-corrected chi connectivity index (χ2v) is 7.57. The van der Waals surface area contributed by atoms with E-state index in [0.717, 1.165) is 5.56 Å². The topological polar surface area (TPSA) is 17.1 Å². The number of carbonyl (C=O) groups is 1. The maximum Gasteiger partial charge on any atom is 0.185 e. The van der Waals surface area contributed by atoms with E-state index in [1.54, 1.807) is 6.08 Å². The number of hydrogen-bond donors (Lipinski definition) is 0. The van der Waals surface area contributed by atoms with Crippen LogP contribution in [0.15, 0.2) is 91.0 Å². The summed E-state index contributed by atoms with van der Waals surface area (Å²) in [5.41, 5.74) is 4.26. The van der Waals surface area contributed by atoms with Gasteiger partial charge in [0, 0.05) is 31.3 Å². The van der Waals surface area contributed by atoms with Crippen LogP contribution in [0.1, 0.15) is 15.9 Å². The van der Waals surface area contributed by atoms with Crippen LogP contribution in [0.2, 0.25) is 0 Å². The van der Waals surface area contributed by atoms with E-state index in [2.05, 4.69) is 48.5 Å². The lowest BCUT2D eigenvalue weighted by Gasteiger charge is -1.99. The molecule has 0 aliphatic heterocycles. The van der Waals surface area contributed by atoms with E-state index < -0.39 is 0 Å². The number of rotatable bonds is 3. The smallest absolute Gasteiger partial charge is 0.185 e. The van der Waals surface area contributed by atoms with Gasteiger partial charge in [-0.2, -0.15) is 0 Å². The monoisotopic (exact) mass is 364 g/mol. The Morgan fingerprint density at radius 2 is 1.41 bits per heavy atom. The summed E-state index contributed by atoms with van der Waals surface area (Å²) in [5.74, 6) is 0.0259. The first-order valence-corrected chi connectivity index (χ1v) is 9.74. The summed E-state index contributed by atoms with van der Waals surface area (Å²) in [5, 5.41) is 2.50. The van der Waals surface area contributed by atoms with Crippen LogP contribution in [0.25, 0.3) is 37.4 Å². The standard InChI is InChI=1S/C25H16OS/c26-22(17-9-3-1-4-10-17)16-15-19-18-11-5-2-6-12-20(18)25-24(19)21-13-7-8-14-23(21)27-25/h1-16H/b16-15+. The molecule has 1 nitrogen and oxygen atoms in total. The Morgan fingerprint density at radius 1 is 0.741 bits per heavy atom. The number of thiophene rings is 1. The van der Waals surface area contributed by atoms with E-state index in [-0.39, 0.29) is 5.78 Å². The first-order valence-electron chi connectivity index (χ1n) is 8.92. The van der Waals surface area contributed by atoms with Crippen LogP contribution in [0, 0.1) is 0 Å². The highest BCUT2D eigenvalue weighted by molar-refractivity contribution is 7.26. The lowest BCUT2D eigenvalue weighted by Crippen LogP contribution is -1.92. The zero-order chi connectivity index (χ0) is 18.2. The molecule has 2 aromatic carbocycles. The fourth-order valence-electron chi connectivity index (χ4n) is 3.65. The molecular weight excluding hydrogens is 348 g/mol. The summed E-state index contributed by atoms with van der Waals surface area (Å²) < 4.78 is 2.56. The lowest BCUT2D eigenvalue weighted by atomic mass is 10.0. The van der Waals surface area contributed by atoms with E-state index in [9.17, 15) is 4.79 Å². The molecule has 0 amide bonds. The van der Waals surface area contributed by atoms with Gasteiger partial charge in [-0.3, -0.25) is 4.79 Å². The van der Waals surface area contributed by atoms with Crippen molar-refractivity contribution in [3.05, 3.63) is 102 Å². The van der Waals surface area contributed by atoms with Crippen molar-refractivity contribution < 1.29 is 4.79 Å². The van der Waals surface area contributed by atoms with Gasteiger partial charge in [-0.1, -0.05) is 78.9 Å². The molecule has 0 bridgehead atoms. The van der Waals surface area contributed by atoms with Gasteiger partial charge >= 0.3 is 0 Å². The van der Waals surface area contributed by atoms with Gasteiger partial charge in [0.1, 0.15) is 0 Å². The summed E-state index contributed by atoms with van der Waals surface area (Å²) in [4.78, 5) is 12.6. The number of fused-ring (bicyclic) bond motifs is 5. The van der Waals surface area contributed by atoms with E-state index in [1.807, 2.05) is 53.8 Å². The molecule has 2 aliphatic rings. The molecule has 1 aromatic heterocycles. The van der Waals surface area contributed by atoms with Crippen molar-refractivity contribution >= 4 is 43.4 Å². The number of benzene rings is 2. The molecule has 5 rings (SSSR count). The van der Waals surface area contributed by atoms with Crippen LogP contribution in [0.5, 0.6) is 0 Å². The number of hydrogen-bond acceptors (Lipinski definition) is 2. The van der Waals surface area contributed by atoms with Gasteiger partial charge in [0.2, 0.25) is 0 Å². The van der Waals surface area contributed by atoms with Crippen LogP contribution in [0.4, 0.5) is 0 Å². The van der Waals surface area contributed by atoms with Crippen LogP contribution >= 0.6 is 11.3 Å². The summed E-state index contributed by atoms with van der Waals surface area (Å²) >= 11 is 1.82. The molecule has 2 heteroatoms. The summed E-state index contributed by atoms with van der Waals surface area (Å²) in [6, 6.07) is 28.4. The summed E-state index contributed by atoms with van der Waals surface area (Å²) in [7, 11) is 0. The Balaban J connectivity index is 1.75. The highest BCUT2D eigenvalue weighted by Gasteiger charge is 2.19. The predicted molar refractivity (Wildman–Crippen MR) is 116 cm³/mol. The minimum Gasteiger partial charge on any atom is -0.289 e. The molecule has 128 valence electrons. The Labute approximate surface area is 161 Å². The van der Waals surface area contributed by atoms with Crippen molar-refractivity contribution in [2.24, 2.45) is 0 Å². The molecule has 0 spiro atoms. The average Bonchev–Trinajstić information content (AvgIpc) is 3.10. The first-order chi connectivity index (χ1) is 13.3. The van der Waals surface area contributed by atoms with Crippen molar-refractivity contribution in [3.8, 4) is 11.1 Å². The second kappa shape index (κ2) is 6.49. The fraction of sp³-hybridized carbons (Fsp3) is 0. The highest BCUT2D eigenvalue weighted by atomic mass is 32.1. The normalized spacial score (nSPS) is 11.7. The van der Waals surface area contributed by atoms with Gasteiger partial charge in [0.05, 0.1) is 0 Å². The zero-order valence-corrected chi connectivity index (χ0v) is 15.4. The van der Waals surface area contributed by atoms with Crippen molar-refractivity contribution in [1.29, 1.82) is 0 Å².